The summed E-state index contributed by atoms with van der Waals surface area (Å²) in [7, 11) is 0. The van der Waals surface area contributed by atoms with Crippen LogP contribution in [0.15, 0.2) is 79.0 Å². The fourth-order valence-corrected chi connectivity index (χ4v) is 4.08. The highest BCUT2D eigenvalue weighted by Crippen LogP contribution is 2.34. The molecule has 2 heterocycles. The van der Waals surface area contributed by atoms with Gasteiger partial charge in [-0.15, -0.1) is 0 Å². The predicted molar refractivity (Wildman–Crippen MR) is 137 cm³/mol. The molecule has 3 N–H and O–H groups in total. The Morgan fingerprint density at radius 1 is 1.08 bits per heavy atom. The lowest BCUT2D eigenvalue weighted by atomic mass is 10.1. The number of nitrogens with zero attached hydrogens (tertiary/aromatic N) is 3. The second-order valence-electron chi connectivity index (χ2n) is 8.13. The molecule has 1 aromatic heterocycles. The molecular weight excluding hydrogens is 476 g/mol. The van der Waals surface area contributed by atoms with Crippen LogP contribution in [0.5, 0.6) is 0 Å². The smallest absolute Gasteiger partial charge is 0.252 e. The fourth-order valence-electron chi connectivity index (χ4n) is 3.91. The molecule has 2 amide bonds. The van der Waals surface area contributed by atoms with Gasteiger partial charge in [-0.25, -0.2) is 9.97 Å². The van der Waals surface area contributed by atoms with Gasteiger partial charge < -0.3 is 16.0 Å². The Labute approximate surface area is 212 Å². The van der Waals surface area contributed by atoms with Crippen LogP contribution in [0.4, 0.5) is 17.3 Å². The number of hydrogen-bond donors (Lipinski definition) is 3. The number of halogens is 1. The Morgan fingerprint density at radius 2 is 1.86 bits per heavy atom. The molecule has 9 heteroatoms. The SMILES string of the molecule is N#C[C@H](NC(=O)c1ccc(Nc2ncc3c(n2)-c2ccc(Cl)cc2NC(=O)C3)cc1)c1ccccc1. The highest BCUT2D eigenvalue weighted by atomic mass is 35.5. The van der Waals surface area contributed by atoms with Crippen molar-refractivity contribution in [3.63, 3.8) is 0 Å². The summed E-state index contributed by atoms with van der Waals surface area (Å²) < 4.78 is 0. The lowest BCUT2D eigenvalue weighted by Crippen LogP contribution is -2.27. The first kappa shape index (κ1) is 23.0. The first-order valence-corrected chi connectivity index (χ1v) is 11.5. The summed E-state index contributed by atoms with van der Waals surface area (Å²) in [6.45, 7) is 0. The number of fused-ring (bicyclic) bond motifs is 3. The predicted octanol–water partition coefficient (Wildman–Crippen LogP) is 5.03. The van der Waals surface area contributed by atoms with Crippen LogP contribution in [0.1, 0.15) is 27.5 Å². The van der Waals surface area contributed by atoms with Gasteiger partial charge in [-0.1, -0.05) is 41.9 Å². The third kappa shape index (κ3) is 4.87. The van der Waals surface area contributed by atoms with Gasteiger partial charge in [0.05, 0.1) is 23.9 Å². The second kappa shape index (κ2) is 9.86. The van der Waals surface area contributed by atoms with Crippen LogP contribution in [0.3, 0.4) is 0 Å². The van der Waals surface area contributed by atoms with E-state index in [9.17, 15) is 14.9 Å². The standard InChI is InChI=1S/C27H19ClN6O2/c28-19-8-11-21-22(13-19)32-24(35)12-18-15-30-27(34-25(18)21)31-20-9-6-17(7-10-20)26(36)33-23(14-29)16-4-2-1-3-5-16/h1-11,13,15,23H,12H2,(H,32,35)(H,33,36)(H,30,31,34)/t23-/m0/s1. The molecule has 5 rings (SSSR count). The Morgan fingerprint density at radius 3 is 2.61 bits per heavy atom. The van der Waals surface area contributed by atoms with Crippen LogP contribution >= 0.6 is 11.6 Å². The van der Waals surface area contributed by atoms with E-state index < -0.39 is 6.04 Å². The Bertz CT molecular complexity index is 1500. The van der Waals surface area contributed by atoms with E-state index in [-0.39, 0.29) is 18.2 Å². The quantitative estimate of drug-likeness (QED) is 0.358. The summed E-state index contributed by atoms with van der Waals surface area (Å²) >= 11 is 6.10. The summed E-state index contributed by atoms with van der Waals surface area (Å²) in [6, 6.07) is 22.5. The number of amides is 2. The zero-order chi connectivity index (χ0) is 25.1. The van der Waals surface area contributed by atoms with E-state index in [1.807, 2.05) is 24.3 Å². The zero-order valence-corrected chi connectivity index (χ0v) is 19.6. The van der Waals surface area contributed by atoms with Crippen molar-refractivity contribution in [2.75, 3.05) is 10.6 Å². The van der Waals surface area contributed by atoms with Gasteiger partial charge in [0.15, 0.2) is 0 Å². The van der Waals surface area contributed by atoms with Crippen molar-refractivity contribution < 1.29 is 9.59 Å². The number of nitrogens with one attached hydrogen (secondary N) is 3. The van der Waals surface area contributed by atoms with Crippen molar-refractivity contribution in [3.05, 3.63) is 101 Å². The molecule has 1 aliphatic heterocycles. The van der Waals surface area contributed by atoms with Gasteiger partial charge >= 0.3 is 0 Å². The van der Waals surface area contributed by atoms with Crippen molar-refractivity contribution in [2.24, 2.45) is 0 Å². The summed E-state index contributed by atoms with van der Waals surface area (Å²) in [4.78, 5) is 33.9. The summed E-state index contributed by atoms with van der Waals surface area (Å²) in [5.41, 5.74) is 4.49. The Balaban J connectivity index is 1.34. The number of aromatic nitrogens is 2. The minimum Gasteiger partial charge on any atom is -0.333 e. The molecule has 4 aromatic rings. The maximum Gasteiger partial charge on any atom is 0.252 e. The minimum atomic E-state index is -0.747. The molecule has 176 valence electrons. The van der Waals surface area contributed by atoms with Crippen LogP contribution in [0, 0.1) is 11.3 Å². The highest BCUT2D eigenvalue weighted by Gasteiger charge is 2.21. The summed E-state index contributed by atoms with van der Waals surface area (Å²) in [5, 5.41) is 18.7. The average molecular weight is 495 g/mol. The molecule has 0 unspecified atom stereocenters. The van der Waals surface area contributed by atoms with Crippen molar-refractivity contribution in [3.8, 4) is 17.3 Å². The highest BCUT2D eigenvalue weighted by molar-refractivity contribution is 6.31. The number of nitriles is 1. The summed E-state index contributed by atoms with van der Waals surface area (Å²) in [6.07, 6.45) is 1.78. The van der Waals surface area contributed by atoms with E-state index >= 15 is 0 Å². The Kier molecular flexibility index (Phi) is 6.31. The lowest BCUT2D eigenvalue weighted by Gasteiger charge is -2.13. The number of rotatable bonds is 5. The number of anilines is 3. The van der Waals surface area contributed by atoms with Crippen molar-refractivity contribution >= 4 is 40.7 Å². The fraction of sp³-hybridized carbons (Fsp3) is 0.0741. The number of carbonyl (C=O) groups is 2. The van der Waals surface area contributed by atoms with Crippen LogP contribution < -0.4 is 16.0 Å². The molecule has 0 saturated carbocycles. The van der Waals surface area contributed by atoms with Crippen LogP contribution in [0.25, 0.3) is 11.3 Å². The molecule has 0 aliphatic carbocycles. The average Bonchev–Trinajstić information content (AvgIpc) is 3.02. The van der Waals surface area contributed by atoms with Crippen LogP contribution in [0.2, 0.25) is 5.02 Å². The van der Waals surface area contributed by atoms with Gasteiger partial charge in [0.1, 0.15) is 6.04 Å². The van der Waals surface area contributed by atoms with Gasteiger partial charge in [0.25, 0.3) is 5.91 Å². The molecule has 3 aromatic carbocycles. The largest absolute Gasteiger partial charge is 0.333 e. The molecule has 1 aliphatic rings. The van der Waals surface area contributed by atoms with E-state index in [1.54, 1.807) is 54.7 Å². The van der Waals surface area contributed by atoms with E-state index in [2.05, 4.69) is 32.0 Å². The monoisotopic (exact) mass is 494 g/mol. The van der Waals surface area contributed by atoms with E-state index in [0.717, 1.165) is 5.56 Å². The van der Waals surface area contributed by atoms with Gasteiger partial charge in [0.2, 0.25) is 11.9 Å². The van der Waals surface area contributed by atoms with Gasteiger partial charge in [-0.2, -0.15) is 5.26 Å². The number of carbonyl (C=O) groups excluding carboxylic acids is 2. The molecule has 0 saturated heterocycles. The second-order valence-corrected chi connectivity index (χ2v) is 8.57. The van der Waals surface area contributed by atoms with Gasteiger partial charge in [-0.3, -0.25) is 9.59 Å². The third-order valence-electron chi connectivity index (χ3n) is 5.67. The van der Waals surface area contributed by atoms with Crippen LogP contribution in [-0.4, -0.2) is 21.8 Å². The Hall–Kier alpha value is -4.74. The van der Waals surface area contributed by atoms with E-state index in [0.29, 0.717) is 44.7 Å². The molecule has 1 atom stereocenters. The first-order chi connectivity index (χ1) is 17.5. The number of benzene rings is 3. The molecule has 8 nitrogen and oxygen atoms in total. The normalized spacial score (nSPS) is 12.7. The first-order valence-electron chi connectivity index (χ1n) is 11.1. The molecule has 0 fully saturated rings. The molecular formula is C27H19ClN6O2. The van der Waals surface area contributed by atoms with Gasteiger partial charge in [0, 0.05) is 33.6 Å². The number of hydrogen-bond acceptors (Lipinski definition) is 6. The molecule has 0 spiro atoms. The topological polar surface area (TPSA) is 120 Å². The third-order valence-corrected chi connectivity index (χ3v) is 5.90. The van der Waals surface area contributed by atoms with Crippen molar-refractivity contribution in [1.29, 1.82) is 5.26 Å². The van der Waals surface area contributed by atoms with Gasteiger partial charge in [-0.05, 0) is 48.0 Å². The maximum atomic E-state index is 12.7. The zero-order valence-electron chi connectivity index (χ0n) is 18.8. The lowest BCUT2D eigenvalue weighted by molar-refractivity contribution is -0.115. The van der Waals surface area contributed by atoms with Crippen molar-refractivity contribution in [1.82, 2.24) is 15.3 Å². The van der Waals surface area contributed by atoms with Crippen LogP contribution in [-0.2, 0) is 11.2 Å². The molecule has 0 bridgehead atoms. The van der Waals surface area contributed by atoms with E-state index in [1.165, 1.54) is 0 Å². The van der Waals surface area contributed by atoms with E-state index in [4.69, 9.17) is 11.6 Å². The maximum absolute atomic E-state index is 12.7. The molecule has 0 radical (unpaired) electrons. The minimum absolute atomic E-state index is 0.151. The van der Waals surface area contributed by atoms with Crippen molar-refractivity contribution in [2.45, 2.75) is 12.5 Å². The molecule has 36 heavy (non-hydrogen) atoms. The summed E-state index contributed by atoms with van der Waals surface area (Å²) in [5.74, 6) is -0.179.